The molecule has 1 aromatic rings. The van der Waals surface area contributed by atoms with Crippen LogP contribution in [-0.2, 0) is 15.0 Å². The van der Waals surface area contributed by atoms with E-state index in [2.05, 4.69) is 0 Å². The number of benzene rings is 1. The van der Waals surface area contributed by atoms with E-state index in [0.29, 0.717) is 11.4 Å². The molecule has 1 fully saturated rings. The number of carbonyl (C=O) groups excluding carboxylic acids is 1. The van der Waals surface area contributed by atoms with Gasteiger partial charge >= 0.3 is 10.2 Å². The number of rotatable bonds is 3. The molecule has 5 nitrogen and oxygen atoms in total. The number of methoxy groups -OCH3 is 1. The molecule has 1 aliphatic rings. The average Bonchev–Trinajstić information content (AvgIpc) is 2.72. The molecule has 2 rings (SSSR count). The van der Waals surface area contributed by atoms with E-state index in [4.69, 9.17) is 4.74 Å². The van der Waals surface area contributed by atoms with Crippen LogP contribution in [0.4, 0.5) is 9.57 Å². The second kappa shape index (κ2) is 4.80. The van der Waals surface area contributed by atoms with Gasteiger partial charge in [0.05, 0.1) is 7.11 Å². The van der Waals surface area contributed by atoms with Gasteiger partial charge in [0.25, 0.3) is 0 Å². The maximum atomic E-state index is 12.9. The number of hydrogen-bond donors (Lipinski definition) is 0. The van der Waals surface area contributed by atoms with Crippen molar-refractivity contribution in [3.05, 3.63) is 23.8 Å². The molecule has 7 heteroatoms. The molecule has 1 aliphatic heterocycles. The second-order valence-corrected chi connectivity index (χ2v) is 6.08. The molecule has 0 saturated carbocycles. The molecule has 0 radical (unpaired) electrons. The number of halogens is 1. The van der Waals surface area contributed by atoms with Crippen molar-refractivity contribution in [2.75, 3.05) is 18.6 Å². The van der Waals surface area contributed by atoms with Gasteiger partial charge in [0.2, 0.25) is 5.91 Å². The van der Waals surface area contributed by atoms with Crippen molar-refractivity contribution in [1.29, 1.82) is 0 Å². The van der Waals surface area contributed by atoms with Crippen LogP contribution < -0.4 is 9.64 Å². The Hall–Kier alpha value is -1.63. The molecule has 0 spiro atoms. The van der Waals surface area contributed by atoms with Gasteiger partial charge in [-0.1, -0.05) is 6.07 Å². The molecule has 1 unspecified atom stereocenters. The number of ether oxygens (including phenoxy) is 1. The Morgan fingerprint density at radius 3 is 2.63 bits per heavy atom. The lowest BCUT2D eigenvalue weighted by molar-refractivity contribution is -0.117. The third kappa shape index (κ3) is 2.70. The summed E-state index contributed by atoms with van der Waals surface area (Å²) >= 11 is 0. The zero-order valence-electron chi connectivity index (χ0n) is 10.6. The third-order valence-corrected chi connectivity index (χ3v) is 4.30. The maximum Gasteiger partial charge on any atom is 0.307 e. The van der Waals surface area contributed by atoms with E-state index in [1.165, 1.54) is 12.0 Å². The van der Waals surface area contributed by atoms with Crippen LogP contribution in [0, 0.1) is 6.92 Å². The monoisotopic (exact) mass is 287 g/mol. The number of carbonyl (C=O) groups is 1. The van der Waals surface area contributed by atoms with Crippen LogP contribution in [0.2, 0.25) is 0 Å². The van der Waals surface area contributed by atoms with Crippen LogP contribution in [-0.4, -0.2) is 33.2 Å². The first-order valence-electron chi connectivity index (χ1n) is 5.71. The van der Waals surface area contributed by atoms with E-state index in [9.17, 15) is 17.1 Å². The number of anilines is 1. The Balaban J connectivity index is 2.31. The zero-order valence-corrected chi connectivity index (χ0v) is 11.4. The van der Waals surface area contributed by atoms with E-state index in [1.807, 2.05) is 6.92 Å². The van der Waals surface area contributed by atoms with Gasteiger partial charge in [-0.2, -0.15) is 8.42 Å². The number of amides is 1. The summed E-state index contributed by atoms with van der Waals surface area (Å²) < 4.78 is 39.8. The normalized spacial score (nSPS) is 19.8. The van der Waals surface area contributed by atoms with Crippen molar-refractivity contribution in [2.45, 2.75) is 18.6 Å². The standard InChI is InChI=1S/C12H14FNO4S/c1-8-3-4-9(5-11(8)18-2)14-7-10(6-12(14)15)19(13,16)17/h3-5,10H,6-7H2,1-2H3. The molecule has 0 N–H and O–H groups in total. The number of aryl methyl sites for hydroxylation is 1. The Kier molecular flexibility index (Phi) is 3.49. The van der Waals surface area contributed by atoms with Gasteiger partial charge in [0.15, 0.2) is 0 Å². The van der Waals surface area contributed by atoms with Gasteiger partial charge in [-0.15, -0.1) is 3.89 Å². The molecule has 1 amide bonds. The fourth-order valence-electron chi connectivity index (χ4n) is 2.09. The van der Waals surface area contributed by atoms with Crippen molar-refractivity contribution in [1.82, 2.24) is 0 Å². The van der Waals surface area contributed by atoms with Crippen LogP contribution >= 0.6 is 0 Å². The molecular weight excluding hydrogens is 273 g/mol. The highest BCUT2D eigenvalue weighted by molar-refractivity contribution is 7.87. The first-order valence-corrected chi connectivity index (χ1v) is 7.16. The molecule has 104 valence electrons. The lowest BCUT2D eigenvalue weighted by Crippen LogP contribution is -2.26. The molecule has 0 bridgehead atoms. The molecular formula is C12H14FNO4S. The van der Waals surface area contributed by atoms with Crippen LogP contribution in [0.25, 0.3) is 0 Å². The van der Waals surface area contributed by atoms with Gasteiger partial charge in [0.1, 0.15) is 11.0 Å². The highest BCUT2D eigenvalue weighted by Crippen LogP contribution is 2.30. The SMILES string of the molecule is COc1cc(N2CC(S(=O)(=O)F)CC2=O)ccc1C. The van der Waals surface area contributed by atoms with Crippen molar-refractivity contribution in [3.63, 3.8) is 0 Å². The van der Waals surface area contributed by atoms with Crippen LogP contribution in [0.5, 0.6) is 5.75 Å². The quantitative estimate of drug-likeness (QED) is 0.788. The predicted octanol–water partition coefficient (Wildman–Crippen LogP) is 1.41. The summed E-state index contributed by atoms with van der Waals surface area (Å²) in [4.78, 5) is 13.0. The van der Waals surface area contributed by atoms with Crippen molar-refractivity contribution >= 4 is 21.8 Å². The fraction of sp³-hybridized carbons (Fsp3) is 0.417. The first-order chi connectivity index (χ1) is 8.82. The first kappa shape index (κ1) is 13.8. The molecule has 1 heterocycles. The molecule has 19 heavy (non-hydrogen) atoms. The molecule has 1 aromatic carbocycles. The minimum atomic E-state index is -4.69. The number of nitrogens with zero attached hydrogens (tertiary/aromatic N) is 1. The average molecular weight is 287 g/mol. The third-order valence-electron chi connectivity index (χ3n) is 3.19. The van der Waals surface area contributed by atoms with Gasteiger partial charge in [0, 0.05) is 24.7 Å². The summed E-state index contributed by atoms with van der Waals surface area (Å²) in [5.74, 6) is 0.189. The minimum absolute atomic E-state index is 0.163. The summed E-state index contributed by atoms with van der Waals surface area (Å²) in [6, 6.07) is 5.09. The second-order valence-electron chi connectivity index (χ2n) is 4.46. The van der Waals surface area contributed by atoms with Crippen LogP contribution in [0.1, 0.15) is 12.0 Å². The van der Waals surface area contributed by atoms with E-state index in [1.54, 1.807) is 18.2 Å². The van der Waals surface area contributed by atoms with Gasteiger partial charge in [-0.25, -0.2) is 0 Å². The summed E-state index contributed by atoms with van der Waals surface area (Å²) in [7, 11) is -3.19. The minimum Gasteiger partial charge on any atom is -0.496 e. The van der Waals surface area contributed by atoms with Gasteiger partial charge in [-0.3, -0.25) is 4.79 Å². The summed E-state index contributed by atoms with van der Waals surface area (Å²) in [5.41, 5.74) is 1.41. The lowest BCUT2D eigenvalue weighted by atomic mass is 10.2. The molecule has 1 saturated heterocycles. The Morgan fingerprint density at radius 2 is 2.11 bits per heavy atom. The molecule has 0 aromatic heterocycles. The smallest absolute Gasteiger partial charge is 0.307 e. The molecule has 0 aliphatic carbocycles. The Morgan fingerprint density at radius 1 is 1.42 bits per heavy atom. The topological polar surface area (TPSA) is 63.7 Å². The van der Waals surface area contributed by atoms with Crippen molar-refractivity contribution in [2.24, 2.45) is 0 Å². The predicted molar refractivity (Wildman–Crippen MR) is 68.5 cm³/mol. The Bertz CT molecular complexity index is 614. The van der Waals surface area contributed by atoms with E-state index in [0.717, 1.165) is 5.56 Å². The Labute approximate surface area is 111 Å². The van der Waals surface area contributed by atoms with E-state index in [-0.39, 0.29) is 13.0 Å². The summed E-state index contributed by atoms with van der Waals surface area (Å²) in [6.45, 7) is 1.69. The lowest BCUT2D eigenvalue weighted by Gasteiger charge is -2.17. The van der Waals surface area contributed by atoms with E-state index < -0.39 is 21.4 Å². The van der Waals surface area contributed by atoms with Crippen molar-refractivity contribution < 1.29 is 21.8 Å². The van der Waals surface area contributed by atoms with E-state index >= 15 is 0 Å². The summed E-state index contributed by atoms with van der Waals surface area (Å²) in [6.07, 6.45) is -0.324. The highest BCUT2D eigenvalue weighted by Gasteiger charge is 2.39. The van der Waals surface area contributed by atoms with Crippen LogP contribution in [0.3, 0.4) is 0 Å². The van der Waals surface area contributed by atoms with Crippen molar-refractivity contribution in [3.8, 4) is 5.75 Å². The van der Waals surface area contributed by atoms with Gasteiger partial charge < -0.3 is 9.64 Å². The largest absolute Gasteiger partial charge is 0.496 e. The summed E-state index contributed by atoms with van der Waals surface area (Å²) in [5, 5.41) is -1.28. The van der Waals surface area contributed by atoms with Crippen LogP contribution in [0.15, 0.2) is 18.2 Å². The molecule has 1 atom stereocenters. The fourth-order valence-corrected chi connectivity index (χ4v) is 2.76. The highest BCUT2D eigenvalue weighted by atomic mass is 32.3. The zero-order chi connectivity index (χ0) is 14.2. The maximum absolute atomic E-state index is 12.9. The number of hydrogen-bond acceptors (Lipinski definition) is 4. The van der Waals surface area contributed by atoms with Gasteiger partial charge in [-0.05, 0) is 18.6 Å².